The number of nitrogens with zero attached hydrogens (tertiary/aromatic N) is 3. The summed E-state index contributed by atoms with van der Waals surface area (Å²) in [5.74, 6) is 1.71. The average Bonchev–Trinajstić information content (AvgIpc) is 3.37. The first-order chi connectivity index (χ1) is 14.7. The van der Waals surface area contributed by atoms with E-state index in [1.54, 1.807) is 25.6 Å². The number of ether oxygens (including phenoxy) is 2. The quantitative estimate of drug-likeness (QED) is 0.456. The molecular weight excluding hydrogens is 394 g/mol. The predicted octanol–water partition coefficient (Wildman–Crippen LogP) is 5.43. The van der Waals surface area contributed by atoms with Crippen LogP contribution in [0.1, 0.15) is 37.8 Å². The SMILES string of the molecule is COCCN(C)Cc1csc(-c2cn(CC3CCCCC3)c3c(OC)cccc23)n1. The second-order valence-corrected chi connectivity index (χ2v) is 9.29. The maximum atomic E-state index is 5.75. The first-order valence-corrected chi connectivity index (χ1v) is 11.9. The van der Waals surface area contributed by atoms with Gasteiger partial charge in [-0.3, -0.25) is 4.90 Å². The number of thiazole rings is 1. The highest BCUT2D eigenvalue weighted by Gasteiger charge is 2.20. The smallest absolute Gasteiger partial charge is 0.143 e. The lowest BCUT2D eigenvalue weighted by molar-refractivity contribution is 0.158. The topological polar surface area (TPSA) is 39.5 Å². The van der Waals surface area contributed by atoms with Crippen LogP contribution in [0.15, 0.2) is 29.8 Å². The summed E-state index contributed by atoms with van der Waals surface area (Å²) in [4.78, 5) is 7.22. The lowest BCUT2D eigenvalue weighted by Crippen LogP contribution is -2.22. The zero-order valence-electron chi connectivity index (χ0n) is 18.4. The van der Waals surface area contributed by atoms with Gasteiger partial charge in [0.25, 0.3) is 0 Å². The molecule has 0 amide bonds. The molecule has 0 atom stereocenters. The zero-order chi connectivity index (χ0) is 20.9. The number of hydrogen-bond acceptors (Lipinski definition) is 5. The minimum atomic E-state index is 0.738. The molecule has 0 aliphatic heterocycles. The molecule has 1 saturated carbocycles. The summed E-state index contributed by atoms with van der Waals surface area (Å²) in [5, 5.41) is 4.51. The van der Waals surface area contributed by atoms with Gasteiger partial charge in [0, 0.05) is 49.3 Å². The van der Waals surface area contributed by atoms with Gasteiger partial charge < -0.3 is 14.0 Å². The van der Waals surface area contributed by atoms with Gasteiger partial charge in [-0.25, -0.2) is 4.98 Å². The summed E-state index contributed by atoms with van der Waals surface area (Å²) in [7, 11) is 5.62. The van der Waals surface area contributed by atoms with Crippen LogP contribution in [0.3, 0.4) is 0 Å². The third-order valence-corrected chi connectivity index (χ3v) is 7.08. The molecule has 6 heteroatoms. The van der Waals surface area contributed by atoms with Gasteiger partial charge in [-0.1, -0.05) is 31.4 Å². The first-order valence-electron chi connectivity index (χ1n) is 11.0. The molecule has 1 aromatic carbocycles. The van der Waals surface area contributed by atoms with Crippen molar-refractivity contribution < 1.29 is 9.47 Å². The second kappa shape index (κ2) is 9.94. The van der Waals surface area contributed by atoms with Crippen LogP contribution < -0.4 is 4.74 Å². The lowest BCUT2D eigenvalue weighted by Gasteiger charge is -2.22. The Morgan fingerprint density at radius 2 is 2.03 bits per heavy atom. The Balaban J connectivity index is 1.64. The molecule has 0 N–H and O–H groups in total. The van der Waals surface area contributed by atoms with E-state index in [0.717, 1.165) is 48.6 Å². The van der Waals surface area contributed by atoms with Crippen molar-refractivity contribution in [3.63, 3.8) is 0 Å². The lowest BCUT2D eigenvalue weighted by atomic mass is 9.89. The van der Waals surface area contributed by atoms with Crippen LogP contribution in [0.4, 0.5) is 0 Å². The Bertz CT molecular complexity index is 959. The molecule has 5 nitrogen and oxygen atoms in total. The molecule has 0 unspecified atom stereocenters. The fourth-order valence-electron chi connectivity index (χ4n) is 4.56. The minimum absolute atomic E-state index is 0.738. The molecule has 0 saturated heterocycles. The van der Waals surface area contributed by atoms with E-state index >= 15 is 0 Å². The molecule has 2 aromatic heterocycles. The number of methoxy groups -OCH3 is 2. The summed E-state index contributed by atoms with van der Waals surface area (Å²) < 4.78 is 13.4. The van der Waals surface area contributed by atoms with Gasteiger partial charge in [-0.05, 0) is 31.9 Å². The fraction of sp³-hybridized carbons (Fsp3) is 0.542. The van der Waals surface area contributed by atoms with Crippen molar-refractivity contribution in [2.45, 2.75) is 45.2 Å². The maximum absolute atomic E-state index is 5.75. The van der Waals surface area contributed by atoms with E-state index in [-0.39, 0.29) is 0 Å². The van der Waals surface area contributed by atoms with E-state index < -0.39 is 0 Å². The monoisotopic (exact) mass is 427 g/mol. The molecule has 3 aromatic rings. The number of rotatable bonds is 9. The number of para-hydroxylation sites is 1. The number of aromatic nitrogens is 2. The first kappa shape index (κ1) is 21.3. The Morgan fingerprint density at radius 3 is 2.80 bits per heavy atom. The van der Waals surface area contributed by atoms with Crippen LogP contribution in [0.2, 0.25) is 0 Å². The van der Waals surface area contributed by atoms with Gasteiger partial charge in [0.2, 0.25) is 0 Å². The molecular formula is C24H33N3O2S. The third kappa shape index (κ3) is 4.71. The van der Waals surface area contributed by atoms with Crippen molar-refractivity contribution in [3.8, 4) is 16.3 Å². The molecule has 2 heterocycles. The van der Waals surface area contributed by atoms with Crippen molar-refractivity contribution in [3.05, 3.63) is 35.5 Å². The minimum Gasteiger partial charge on any atom is -0.495 e. The van der Waals surface area contributed by atoms with Crippen LogP contribution in [0.5, 0.6) is 5.75 Å². The molecule has 0 spiro atoms. The second-order valence-electron chi connectivity index (χ2n) is 8.43. The number of likely N-dealkylation sites (N-methyl/N-ethyl adjacent to an activating group) is 1. The van der Waals surface area contributed by atoms with E-state index in [4.69, 9.17) is 14.5 Å². The van der Waals surface area contributed by atoms with Crippen LogP contribution in [-0.2, 0) is 17.8 Å². The van der Waals surface area contributed by atoms with Gasteiger partial charge in [0.05, 0.1) is 24.9 Å². The van der Waals surface area contributed by atoms with Crippen molar-refractivity contribution in [1.82, 2.24) is 14.5 Å². The van der Waals surface area contributed by atoms with Gasteiger partial charge in [-0.15, -0.1) is 11.3 Å². The Labute approximate surface area is 183 Å². The van der Waals surface area contributed by atoms with Gasteiger partial charge in [-0.2, -0.15) is 0 Å². The maximum Gasteiger partial charge on any atom is 0.143 e. The van der Waals surface area contributed by atoms with E-state index in [1.807, 2.05) is 0 Å². The molecule has 1 aliphatic carbocycles. The molecule has 4 rings (SSSR count). The van der Waals surface area contributed by atoms with E-state index in [9.17, 15) is 0 Å². The molecule has 30 heavy (non-hydrogen) atoms. The number of hydrogen-bond donors (Lipinski definition) is 0. The number of benzene rings is 1. The van der Waals surface area contributed by atoms with Gasteiger partial charge >= 0.3 is 0 Å². The predicted molar refractivity (Wildman–Crippen MR) is 124 cm³/mol. The highest BCUT2D eigenvalue weighted by atomic mass is 32.1. The molecule has 1 fully saturated rings. The molecule has 1 aliphatic rings. The van der Waals surface area contributed by atoms with Crippen LogP contribution in [-0.4, -0.2) is 48.9 Å². The third-order valence-electron chi connectivity index (χ3n) is 6.15. The van der Waals surface area contributed by atoms with Crippen LogP contribution in [0.25, 0.3) is 21.5 Å². The summed E-state index contributed by atoms with van der Waals surface area (Å²) in [6.45, 7) is 3.54. The summed E-state index contributed by atoms with van der Waals surface area (Å²) in [6, 6.07) is 6.36. The zero-order valence-corrected chi connectivity index (χ0v) is 19.2. The Hall–Kier alpha value is -1.89. The van der Waals surface area contributed by atoms with Crippen molar-refractivity contribution in [2.24, 2.45) is 5.92 Å². The highest BCUT2D eigenvalue weighted by molar-refractivity contribution is 7.13. The number of fused-ring (bicyclic) bond motifs is 1. The van der Waals surface area contributed by atoms with Gasteiger partial charge in [0.15, 0.2) is 0 Å². The van der Waals surface area contributed by atoms with Crippen molar-refractivity contribution in [2.75, 3.05) is 34.4 Å². The normalized spacial score (nSPS) is 15.3. The standard InChI is InChI=1S/C24H33N3O2S/c1-26(12-13-28-2)15-19-17-30-24(25-19)21-16-27(14-18-8-5-4-6-9-18)23-20(21)10-7-11-22(23)29-3/h7,10-11,16-18H,4-6,8-9,12-15H2,1-3H3. The molecule has 0 bridgehead atoms. The summed E-state index contributed by atoms with van der Waals surface area (Å²) in [5.41, 5.74) is 3.54. The molecule has 162 valence electrons. The van der Waals surface area contributed by atoms with Gasteiger partial charge in [0.1, 0.15) is 10.8 Å². The Kier molecular flexibility index (Phi) is 7.08. The summed E-state index contributed by atoms with van der Waals surface area (Å²) in [6.07, 6.45) is 9.08. The van der Waals surface area contributed by atoms with Crippen molar-refractivity contribution in [1.29, 1.82) is 0 Å². The van der Waals surface area contributed by atoms with E-state index in [0.29, 0.717) is 0 Å². The molecule has 0 radical (unpaired) electrons. The van der Waals surface area contributed by atoms with Crippen LogP contribution in [0, 0.1) is 5.92 Å². The fourth-order valence-corrected chi connectivity index (χ4v) is 5.39. The largest absolute Gasteiger partial charge is 0.495 e. The highest BCUT2D eigenvalue weighted by Crippen LogP contribution is 2.38. The van der Waals surface area contributed by atoms with E-state index in [2.05, 4.69) is 46.3 Å². The average molecular weight is 428 g/mol. The Morgan fingerprint density at radius 1 is 1.20 bits per heavy atom. The van der Waals surface area contributed by atoms with Crippen LogP contribution >= 0.6 is 11.3 Å². The summed E-state index contributed by atoms with van der Waals surface area (Å²) >= 11 is 1.73. The van der Waals surface area contributed by atoms with Crippen molar-refractivity contribution >= 4 is 22.2 Å². The van der Waals surface area contributed by atoms with E-state index in [1.165, 1.54) is 48.6 Å².